The van der Waals surface area contributed by atoms with E-state index < -0.39 is 22.0 Å². The minimum absolute atomic E-state index is 0.660. The van der Waals surface area contributed by atoms with Crippen molar-refractivity contribution in [3.63, 3.8) is 0 Å². The molecule has 0 heterocycles. The second-order valence-corrected chi connectivity index (χ2v) is 8.62. The molecule has 2 atom stereocenters. The smallest absolute Gasteiger partial charge is 0.172 e. The minimum Gasteiger partial charge on any atom is -0.229 e. The van der Waals surface area contributed by atoms with Crippen LogP contribution in [0.1, 0.15) is 22.3 Å². The van der Waals surface area contributed by atoms with Crippen molar-refractivity contribution in [1.29, 1.82) is 0 Å². The van der Waals surface area contributed by atoms with Gasteiger partial charge in [-0.25, -0.2) is 8.42 Å². The van der Waals surface area contributed by atoms with E-state index >= 15 is 0 Å². The maximum absolute atomic E-state index is 12.3. The standard InChI is InChI=1S/C22H20N2O2S2/c1-17-6-10-21(11-7-17)27(25)23-15-19-4-3-5-20(14-19)16-24-28(26)22-12-8-18(2)9-13-22/h3-16H,1-2H3/b23-15+,24-16+/t27-,28-/m0/s1. The summed E-state index contributed by atoms with van der Waals surface area (Å²) < 4.78 is 32.8. The van der Waals surface area contributed by atoms with Gasteiger partial charge in [0.25, 0.3) is 0 Å². The summed E-state index contributed by atoms with van der Waals surface area (Å²) in [5.74, 6) is 0. The normalized spacial score (nSPS) is 13.8. The number of benzene rings is 3. The summed E-state index contributed by atoms with van der Waals surface area (Å²) in [5.41, 5.74) is 3.82. The summed E-state index contributed by atoms with van der Waals surface area (Å²) in [7, 11) is -2.90. The number of aryl methyl sites for hydroxylation is 2. The molecule has 0 spiro atoms. The van der Waals surface area contributed by atoms with Gasteiger partial charge in [-0.1, -0.05) is 53.6 Å². The van der Waals surface area contributed by atoms with Gasteiger partial charge in [0.15, 0.2) is 22.0 Å². The molecule has 0 aromatic heterocycles. The van der Waals surface area contributed by atoms with Gasteiger partial charge < -0.3 is 0 Å². The molecule has 0 saturated heterocycles. The maximum Gasteiger partial charge on any atom is 0.172 e. The van der Waals surface area contributed by atoms with Crippen molar-refractivity contribution in [2.45, 2.75) is 23.6 Å². The Morgan fingerprint density at radius 1 is 0.643 bits per heavy atom. The van der Waals surface area contributed by atoms with Crippen LogP contribution >= 0.6 is 0 Å². The van der Waals surface area contributed by atoms with Gasteiger partial charge >= 0.3 is 0 Å². The summed E-state index contributed by atoms with van der Waals surface area (Å²) in [6, 6.07) is 22.3. The Hall–Kier alpha value is -2.70. The Bertz CT molecular complexity index is 974. The van der Waals surface area contributed by atoms with Gasteiger partial charge in [-0.2, -0.15) is 8.80 Å². The molecular formula is C22H20N2O2S2. The predicted octanol–water partition coefficient (Wildman–Crippen LogP) is 4.59. The Kier molecular flexibility index (Phi) is 6.79. The highest BCUT2D eigenvalue weighted by atomic mass is 32.2. The zero-order valence-electron chi connectivity index (χ0n) is 15.6. The van der Waals surface area contributed by atoms with E-state index in [4.69, 9.17) is 0 Å². The van der Waals surface area contributed by atoms with E-state index in [-0.39, 0.29) is 0 Å². The number of hydrogen-bond donors (Lipinski definition) is 0. The van der Waals surface area contributed by atoms with Gasteiger partial charge in [-0.05, 0) is 55.3 Å². The predicted molar refractivity (Wildman–Crippen MR) is 117 cm³/mol. The minimum atomic E-state index is -1.45. The van der Waals surface area contributed by atoms with Crippen LogP contribution in [-0.4, -0.2) is 20.8 Å². The third-order valence-electron chi connectivity index (χ3n) is 3.95. The number of hydrogen-bond acceptors (Lipinski definition) is 2. The molecule has 0 aliphatic rings. The van der Waals surface area contributed by atoms with Crippen molar-refractivity contribution < 1.29 is 8.42 Å². The average molecular weight is 409 g/mol. The molecule has 0 N–H and O–H groups in total. The lowest BCUT2D eigenvalue weighted by Gasteiger charge is -1.99. The molecule has 0 bridgehead atoms. The SMILES string of the molecule is Cc1ccc([S@](=O)/N=C/c2cccc(/C=N/[S@@](=O)c3ccc(C)cc3)c2)cc1. The van der Waals surface area contributed by atoms with Crippen molar-refractivity contribution in [2.75, 3.05) is 0 Å². The van der Waals surface area contributed by atoms with E-state index in [0.717, 1.165) is 22.3 Å². The fraction of sp³-hybridized carbons (Fsp3) is 0.0909. The molecule has 3 rings (SSSR count). The fourth-order valence-corrected chi connectivity index (χ4v) is 3.78. The van der Waals surface area contributed by atoms with Crippen LogP contribution in [0.2, 0.25) is 0 Å². The monoisotopic (exact) mass is 408 g/mol. The highest BCUT2D eigenvalue weighted by molar-refractivity contribution is 7.84. The van der Waals surface area contributed by atoms with Crippen molar-refractivity contribution >= 4 is 34.4 Å². The van der Waals surface area contributed by atoms with Crippen LogP contribution in [-0.2, 0) is 22.0 Å². The molecule has 0 aliphatic carbocycles. The summed E-state index contributed by atoms with van der Waals surface area (Å²) in [6.07, 6.45) is 3.15. The Morgan fingerprint density at radius 2 is 1.04 bits per heavy atom. The second kappa shape index (κ2) is 9.48. The van der Waals surface area contributed by atoms with Gasteiger partial charge in [0.2, 0.25) is 0 Å². The molecular weight excluding hydrogens is 388 g/mol. The van der Waals surface area contributed by atoms with Crippen molar-refractivity contribution in [3.8, 4) is 0 Å². The zero-order valence-corrected chi connectivity index (χ0v) is 17.2. The van der Waals surface area contributed by atoms with E-state index in [2.05, 4.69) is 8.80 Å². The van der Waals surface area contributed by atoms with Gasteiger partial charge in [0.05, 0.1) is 9.79 Å². The van der Waals surface area contributed by atoms with E-state index in [1.54, 1.807) is 12.4 Å². The topological polar surface area (TPSA) is 58.9 Å². The Labute approximate surface area is 170 Å². The lowest BCUT2D eigenvalue weighted by atomic mass is 10.1. The van der Waals surface area contributed by atoms with Crippen LogP contribution in [0.15, 0.2) is 91.4 Å². The quantitative estimate of drug-likeness (QED) is 0.560. The van der Waals surface area contributed by atoms with Gasteiger partial charge in [-0.3, -0.25) is 0 Å². The highest BCUT2D eigenvalue weighted by Gasteiger charge is 2.02. The van der Waals surface area contributed by atoms with E-state index in [0.29, 0.717) is 9.79 Å². The third-order valence-corrected chi connectivity index (χ3v) is 5.90. The third kappa shape index (κ3) is 5.65. The van der Waals surface area contributed by atoms with E-state index in [1.165, 1.54) is 0 Å². The van der Waals surface area contributed by atoms with Crippen molar-refractivity contribution in [3.05, 3.63) is 95.1 Å². The maximum atomic E-state index is 12.3. The fourth-order valence-electron chi connectivity index (χ4n) is 2.37. The van der Waals surface area contributed by atoms with Gasteiger partial charge in [0, 0.05) is 12.4 Å². The molecule has 0 unspecified atom stereocenters. The lowest BCUT2D eigenvalue weighted by Crippen LogP contribution is -1.92. The van der Waals surface area contributed by atoms with Crippen molar-refractivity contribution in [1.82, 2.24) is 0 Å². The highest BCUT2D eigenvalue weighted by Crippen LogP contribution is 2.11. The van der Waals surface area contributed by atoms with Gasteiger partial charge in [-0.15, -0.1) is 0 Å². The molecule has 4 nitrogen and oxygen atoms in total. The second-order valence-electron chi connectivity index (χ2n) is 6.26. The first-order valence-corrected chi connectivity index (χ1v) is 10.9. The zero-order chi connectivity index (χ0) is 19.9. The molecule has 0 radical (unpaired) electrons. The lowest BCUT2D eigenvalue weighted by molar-refractivity contribution is 0.683. The largest absolute Gasteiger partial charge is 0.229 e. The summed E-state index contributed by atoms with van der Waals surface area (Å²) in [6.45, 7) is 3.96. The molecule has 3 aromatic rings. The Balaban J connectivity index is 1.69. The molecule has 0 saturated carbocycles. The molecule has 6 heteroatoms. The molecule has 0 fully saturated rings. The summed E-state index contributed by atoms with van der Waals surface area (Å²) >= 11 is 0. The van der Waals surface area contributed by atoms with Crippen LogP contribution < -0.4 is 0 Å². The number of rotatable bonds is 6. The average Bonchev–Trinajstić information content (AvgIpc) is 2.71. The molecule has 28 heavy (non-hydrogen) atoms. The Morgan fingerprint density at radius 3 is 1.43 bits per heavy atom. The van der Waals surface area contributed by atoms with E-state index in [1.807, 2.05) is 86.6 Å². The van der Waals surface area contributed by atoms with Gasteiger partial charge in [0.1, 0.15) is 0 Å². The first-order valence-electron chi connectivity index (χ1n) is 8.66. The first kappa shape index (κ1) is 20.0. The number of nitrogens with zero attached hydrogens (tertiary/aromatic N) is 2. The van der Waals surface area contributed by atoms with Crippen LogP contribution in [0.25, 0.3) is 0 Å². The summed E-state index contributed by atoms with van der Waals surface area (Å²) in [4.78, 5) is 1.32. The molecule has 3 aromatic carbocycles. The van der Waals surface area contributed by atoms with Crippen LogP contribution in [0.3, 0.4) is 0 Å². The first-order chi connectivity index (χ1) is 13.5. The molecule has 0 aliphatic heterocycles. The summed E-state index contributed by atoms with van der Waals surface area (Å²) in [5, 5.41) is 0. The molecule has 142 valence electrons. The molecule has 0 amide bonds. The van der Waals surface area contributed by atoms with Crippen molar-refractivity contribution in [2.24, 2.45) is 8.80 Å². The van der Waals surface area contributed by atoms with Crippen LogP contribution in [0.4, 0.5) is 0 Å². The van der Waals surface area contributed by atoms with Crippen LogP contribution in [0.5, 0.6) is 0 Å². The van der Waals surface area contributed by atoms with E-state index in [9.17, 15) is 8.42 Å². The van der Waals surface area contributed by atoms with Crippen LogP contribution in [0, 0.1) is 13.8 Å².